The van der Waals surface area contributed by atoms with Crippen molar-refractivity contribution in [3.8, 4) is 0 Å². The van der Waals surface area contributed by atoms with Crippen molar-refractivity contribution in [2.75, 3.05) is 6.54 Å². The number of para-hydroxylation sites is 1. The number of benzene rings is 1. The summed E-state index contributed by atoms with van der Waals surface area (Å²) in [7, 11) is 0. The van der Waals surface area contributed by atoms with Crippen LogP contribution in [0.2, 0.25) is 0 Å². The monoisotopic (exact) mass is 280 g/mol. The summed E-state index contributed by atoms with van der Waals surface area (Å²) >= 11 is 0. The molecule has 0 aliphatic carbocycles. The van der Waals surface area contributed by atoms with Crippen LogP contribution in [0.1, 0.15) is 5.69 Å². The molecule has 104 valence electrons. The lowest BCUT2D eigenvalue weighted by Crippen LogP contribution is -2.32. The van der Waals surface area contributed by atoms with Crippen LogP contribution in [-0.4, -0.2) is 23.6 Å². The molecule has 20 heavy (non-hydrogen) atoms. The highest BCUT2D eigenvalue weighted by Gasteiger charge is 2.27. The van der Waals surface area contributed by atoms with E-state index in [1.165, 1.54) is 6.08 Å². The second-order valence-electron chi connectivity index (χ2n) is 4.10. The zero-order valence-corrected chi connectivity index (χ0v) is 10.3. The maximum atomic E-state index is 11.9. The number of nitrogens with one attached hydrogen (secondary N) is 1. The molecule has 1 heterocycles. The predicted octanol–water partition coefficient (Wildman–Crippen LogP) is 2.93. The highest BCUT2D eigenvalue weighted by Crippen LogP contribution is 2.13. The number of carbonyl (C=O) groups excluding carboxylic acids is 1. The summed E-state index contributed by atoms with van der Waals surface area (Å²) in [5.74, 6) is -0.808. The Labute approximate surface area is 113 Å². The third-order valence-electron chi connectivity index (χ3n) is 2.49. The lowest BCUT2D eigenvalue weighted by atomic mass is 10.2. The third-order valence-corrected chi connectivity index (χ3v) is 2.49. The maximum absolute atomic E-state index is 11.9. The molecular formula is C14H11F3N2O. The Bertz CT molecular complexity index is 650. The number of amides is 1. The maximum Gasteiger partial charge on any atom is 0.405 e. The minimum atomic E-state index is -4.41. The van der Waals surface area contributed by atoms with Gasteiger partial charge in [-0.05, 0) is 18.2 Å². The van der Waals surface area contributed by atoms with Crippen molar-refractivity contribution in [1.29, 1.82) is 0 Å². The quantitative estimate of drug-likeness (QED) is 0.878. The number of nitrogens with zero attached hydrogens (tertiary/aromatic N) is 1. The minimum Gasteiger partial charge on any atom is -0.343 e. The van der Waals surface area contributed by atoms with Gasteiger partial charge < -0.3 is 5.32 Å². The summed E-state index contributed by atoms with van der Waals surface area (Å²) in [5.41, 5.74) is 1.26. The van der Waals surface area contributed by atoms with Crippen molar-refractivity contribution in [1.82, 2.24) is 10.3 Å². The van der Waals surface area contributed by atoms with Crippen molar-refractivity contribution in [3.63, 3.8) is 0 Å². The van der Waals surface area contributed by atoms with Gasteiger partial charge in [0.15, 0.2) is 0 Å². The van der Waals surface area contributed by atoms with Gasteiger partial charge in [0.2, 0.25) is 5.91 Å². The first-order valence-corrected chi connectivity index (χ1v) is 5.82. The number of pyridine rings is 1. The highest BCUT2D eigenvalue weighted by molar-refractivity contribution is 5.91. The molecule has 1 amide bonds. The van der Waals surface area contributed by atoms with Crippen LogP contribution in [-0.2, 0) is 4.79 Å². The van der Waals surface area contributed by atoms with Gasteiger partial charge in [0.1, 0.15) is 6.54 Å². The molecule has 2 rings (SSSR count). The van der Waals surface area contributed by atoms with Crippen molar-refractivity contribution in [3.05, 3.63) is 48.2 Å². The molecule has 2 aromatic rings. The molecule has 0 aliphatic rings. The molecule has 3 nitrogen and oxygen atoms in total. The molecular weight excluding hydrogens is 269 g/mol. The molecule has 0 saturated carbocycles. The number of hydrogen-bond acceptors (Lipinski definition) is 2. The first-order chi connectivity index (χ1) is 9.44. The molecule has 0 spiro atoms. The van der Waals surface area contributed by atoms with Gasteiger partial charge in [0.25, 0.3) is 0 Å². The SMILES string of the molecule is O=C(C=Cc1ccc2ccccc2n1)NCC(F)(F)F. The van der Waals surface area contributed by atoms with Gasteiger partial charge in [-0.1, -0.05) is 24.3 Å². The Morgan fingerprint density at radius 2 is 1.95 bits per heavy atom. The molecule has 0 unspecified atom stereocenters. The standard InChI is InChI=1S/C14H11F3N2O/c15-14(16,17)9-18-13(20)8-7-11-6-5-10-3-1-2-4-12(10)19-11/h1-8H,9H2,(H,18,20). The summed E-state index contributed by atoms with van der Waals surface area (Å²) in [5, 5.41) is 2.70. The molecule has 0 bridgehead atoms. The molecule has 0 saturated heterocycles. The first-order valence-electron chi connectivity index (χ1n) is 5.82. The lowest BCUT2D eigenvalue weighted by Gasteiger charge is -2.05. The van der Waals surface area contributed by atoms with E-state index in [1.807, 2.05) is 30.3 Å². The molecule has 1 aromatic carbocycles. The second kappa shape index (κ2) is 5.73. The molecule has 0 atom stereocenters. The van der Waals surface area contributed by atoms with E-state index in [4.69, 9.17) is 0 Å². The summed E-state index contributed by atoms with van der Waals surface area (Å²) in [4.78, 5) is 15.5. The van der Waals surface area contributed by atoms with Crippen LogP contribution in [0.3, 0.4) is 0 Å². The number of fused-ring (bicyclic) bond motifs is 1. The molecule has 6 heteroatoms. The molecule has 0 aliphatic heterocycles. The van der Waals surface area contributed by atoms with Crippen molar-refractivity contribution >= 4 is 22.9 Å². The zero-order chi connectivity index (χ0) is 14.6. The van der Waals surface area contributed by atoms with E-state index in [1.54, 1.807) is 11.4 Å². The van der Waals surface area contributed by atoms with Gasteiger partial charge in [0, 0.05) is 11.5 Å². The smallest absolute Gasteiger partial charge is 0.343 e. The van der Waals surface area contributed by atoms with Crippen molar-refractivity contribution in [2.24, 2.45) is 0 Å². The lowest BCUT2D eigenvalue weighted by molar-refractivity contribution is -0.135. The first kappa shape index (κ1) is 14.0. The van der Waals surface area contributed by atoms with Gasteiger partial charge in [-0.3, -0.25) is 4.79 Å². The van der Waals surface area contributed by atoms with E-state index in [0.29, 0.717) is 5.69 Å². The van der Waals surface area contributed by atoms with E-state index in [9.17, 15) is 18.0 Å². The molecule has 0 radical (unpaired) electrons. The number of carbonyl (C=O) groups is 1. The largest absolute Gasteiger partial charge is 0.405 e. The van der Waals surface area contributed by atoms with Crippen LogP contribution >= 0.6 is 0 Å². The van der Waals surface area contributed by atoms with Gasteiger partial charge in [-0.25, -0.2) is 4.98 Å². The number of rotatable bonds is 3. The van der Waals surface area contributed by atoms with E-state index >= 15 is 0 Å². The Hall–Kier alpha value is -2.37. The number of hydrogen-bond donors (Lipinski definition) is 1. The third kappa shape index (κ3) is 4.08. The minimum absolute atomic E-state index is 0.505. The fourth-order valence-electron chi connectivity index (χ4n) is 1.58. The van der Waals surface area contributed by atoms with E-state index in [0.717, 1.165) is 17.0 Å². The fraction of sp³-hybridized carbons (Fsp3) is 0.143. The highest BCUT2D eigenvalue weighted by atomic mass is 19.4. The normalized spacial score (nSPS) is 11.9. The predicted molar refractivity (Wildman–Crippen MR) is 69.8 cm³/mol. The van der Waals surface area contributed by atoms with Crippen LogP contribution in [0.25, 0.3) is 17.0 Å². The molecule has 0 fully saturated rings. The average Bonchev–Trinajstić information content (AvgIpc) is 2.42. The van der Waals surface area contributed by atoms with E-state index in [2.05, 4.69) is 4.98 Å². The Morgan fingerprint density at radius 1 is 1.20 bits per heavy atom. The topological polar surface area (TPSA) is 42.0 Å². The molecule has 1 aromatic heterocycles. The van der Waals surface area contributed by atoms with Crippen LogP contribution in [0, 0.1) is 0 Å². The zero-order valence-electron chi connectivity index (χ0n) is 10.3. The fourth-order valence-corrected chi connectivity index (χ4v) is 1.58. The Morgan fingerprint density at radius 3 is 2.70 bits per heavy atom. The summed E-state index contributed by atoms with van der Waals surface area (Å²) in [6.07, 6.45) is -2.01. The van der Waals surface area contributed by atoms with Gasteiger partial charge >= 0.3 is 6.18 Å². The van der Waals surface area contributed by atoms with E-state index in [-0.39, 0.29) is 0 Å². The van der Waals surface area contributed by atoms with Gasteiger partial charge in [0.05, 0.1) is 11.2 Å². The molecule has 1 N–H and O–H groups in total. The van der Waals surface area contributed by atoms with Crippen LogP contribution in [0.15, 0.2) is 42.5 Å². The van der Waals surface area contributed by atoms with Crippen molar-refractivity contribution < 1.29 is 18.0 Å². The summed E-state index contributed by atoms with van der Waals surface area (Å²) < 4.78 is 35.7. The van der Waals surface area contributed by atoms with Crippen LogP contribution in [0.5, 0.6) is 0 Å². The van der Waals surface area contributed by atoms with Gasteiger partial charge in [-0.15, -0.1) is 0 Å². The van der Waals surface area contributed by atoms with Crippen molar-refractivity contribution in [2.45, 2.75) is 6.18 Å². The number of alkyl halides is 3. The van der Waals surface area contributed by atoms with Gasteiger partial charge in [-0.2, -0.15) is 13.2 Å². The second-order valence-corrected chi connectivity index (χ2v) is 4.10. The summed E-state index contributed by atoms with van der Waals surface area (Å²) in [6.45, 7) is -1.35. The average molecular weight is 280 g/mol. The number of halogens is 3. The number of aromatic nitrogens is 1. The summed E-state index contributed by atoms with van der Waals surface area (Å²) in [6, 6.07) is 10.9. The van der Waals surface area contributed by atoms with Crippen LogP contribution in [0.4, 0.5) is 13.2 Å². The Kier molecular flexibility index (Phi) is 4.02. The van der Waals surface area contributed by atoms with E-state index < -0.39 is 18.6 Å². The van der Waals surface area contributed by atoms with Crippen LogP contribution < -0.4 is 5.32 Å². The Balaban J connectivity index is 2.04.